The summed E-state index contributed by atoms with van der Waals surface area (Å²) in [5.74, 6) is 0.416. The van der Waals surface area contributed by atoms with E-state index < -0.39 is 0 Å². The molecule has 0 spiro atoms. The van der Waals surface area contributed by atoms with Crippen LogP contribution in [0.5, 0.6) is 0 Å². The van der Waals surface area contributed by atoms with E-state index >= 15 is 0 Å². The van der Waals surface area contributed by atoms with Gasteiger partial charge in [-0.3, -0.25) is 0 Å². The lowest BCUT2D eigenvalue weighted by molar-refractivity contribution is 0.511. The van der Waals surface area contributed by atoms with Gasteiger partial charge in [-0.2, -0.15) is 0 Å². The molecule has 0 aliphatic rings. The zero-order chi connectivity index (χ0) is 21.1. The van der Waals surface area contributed by atoms with E-state index in [2.05, 4.69) is 15.3 Å². The first-order valence-corrected chi connectivity index (χ1v) is 10.1. The molecule has 4 nitrogen and oxygen atoms in total. The highest BCUT2D eigenvalue weighted by molar-refractivity contribution is 5.97. The molecule has 2 aromatic heterocycles. The maximum Gasteiger partial charge on any atom is 0.209 e. The molecule has 2 aromatic carbocycles. The smallest absolute Gasteiger partial charge is 0.209 e. The van der Waals surface area contributed by atoms with Crippen LogP contribution >= 0.6 is 0 Å². The van der Waals surface area contributed by atoms with Crippen molar-refractivity contribution in [3.05, 3.63) is 54.3 Å². The van der Waals surface area contributed by atoms with Gasteiger partial charge in [0.1, 0.15) is 11.3 Å². The predicted octanol–water partition coefficient (Wildman–Crippen LogP) is 6.91. The van der Waals surface area contributed by atoms with Gasteiger partial charge in [0.25, 0.3) is 0 Å². The van der Waals surface area contributed by atoms with Gasteiger partial charge in [0.15, 0.2) is 5.58 Å². The highest BCUT2D eigenvalue weighted by atomic mass is 19.1. The third-order valence-electron chi connectivity index (χ3n) is 3.72. The van der Waals surface area contributed by atoms with Gasteiger partial charge in [0.05, 0.1) is 6.54 Å². The van der Waals surface area contributed by atoms with Gasteiger partial charge in [-0.15, -0.1) is 0 Å². The lowest BCUT2D eigenvalue weighted by Gasteiger charge is -1.99. The molecule has 4 aromatic rings. The first-order chi connectivity index (χ1) is 13.7. The van der Waals surface area contributed by atoms with Crippen LogP contribution in [0.4, 0.5) is 4.39 Å². The number of fused-ring (bicyclic) bond motifs is 2. The number of H-pyrrole nitrogens is 1. The number of aromatic amines is 1. The van der Waals surface area contributed by atoms with Crippen LogP contribution in [0, 0.1) is 5.82 Å². The minimum absolute atomic E-state index is 0.247. The van der Waals surface area contributed by atoms with Crippen molar-refractivity contribution in [3.63, 3.8) is 0 Å². The molecule has 0 aliphatic carbocycles. The Morgan fingerprint density at radius 2 is 1.71 bits per heavy atom. The van der Waals surface area contributed by atoms with Gasteiger partial charge in [0.2, 0.25) is 5.89 Å². The second-order valence-corrected chi connectivity index (χ2v) is 5.21. The molecule has 152 valence electrons. The standard InChI is InChI=1S/C17H14FN3O.3C2H6/c1-19-9-17-21-14-5-2-10(6-16(14)22-17)13-8-20-15-7-11(18)3-4-12(13)15;3*1-2/h2-8,19-20H,9H2,1H3;3*1-2H3. The van der Waals surface area contributed by atoms with E-state index in [0.29, 0.717) is 12.4 Å². The molecule has 0 amide bonds. The van der Waals surface area contributed by atoms with Crippen molar-refractivity contribution in [1.82, 2.24) is 15.3 Å². The monoisotopic (exact) mass is 385 g/mol. The topological polar surface area (TPSA) is 53.9 Å². The number of halogens is 1. The molecule has 2 N–H and O–H groups in total. The van der Waals surface area contributed by atoms with Crippen LogP contribution in [0.15, 0.2) is 47.0 Å². The lowest BCUT2D eigenvalue weighted by atomic mass is 10.0. The summed E-state index contributed by atoms with van der Waals surface area (Å²) in [7, 11) is 1.85. The molecular weight excluding hydrogens is 353 g/mol. The predicted molar refractivity (Wildman–Crippen MR) is 118 cm³/mol. The van der Waals surface area contributed by atoms with Gasteiger partial charge in [0, 0.05) is 22.7 Å². The number of nitrogens with zero attached hydrogens (tertiary/aromatic N) is 1. The van der Waals surface area contributed by atoms with Crippen LogP contribution in [0.2, 0.25) is 0 Å². The third-order valence-corrected chi connectivity index (χ3v) is 3.72. The van der Waals surface area contributed by atoms with Gasteiger partial charge in [-0.1, -0.05) is 47.6 Å². The van der Waals surface area contributed by atoms with Crippen molar-refractivity contribution in [2.24, 2.45) is 0 Å². The number of aromatic nitrogens is 2. The Hall–Kier alpha value is -2.66. The Morgan fingerprint density at radius 3 is 2.39 bits per heavy atom. The third kappa shape index (κ3) is 5.20. The molecule has 28 heavy (non-hydrogen) atoms. The maximum atomic E-state index is 13.3. The first kappa shape index (κ1) is 23.4. The van der Waals surface area contributed by atoms with Crippen molar-refractivity contribution < 1.29 is 8.81 Å². The van der Waals surface area contributed by atoms with Crippen molar-refractivity contribution in [2.75, 3.05) is 7.05 Å². The lowest BCUT2D eigenvalue weighted by Crippen LogP contribution is -2.04. The summed E-state index contributed by atoms with van der Waals surface area (Å²) in [5, 5.41) is 4.00. The average molecular weight is 386 g/mol. The Balaban J connectivity index is 0.000000599. The van der Waals surface area contributed by atoms with Gasteiger partial charge < -0.3 is 14.7 Å². The van der Waals surface area contributed by atoms with E-state index in [1.54, 1.807) is 6.07 Å². The van der Waals surface area contributed by atoms with Crippen molar-refractivity contribution in [1.29, 1.82) is 0 Å². The Morgan fingerprint density at radius 1 is 1.00 bits per heavy atom. The molecule has 0 fully saturated rings. The first-order valence-electron chi connectivity index (χ1n) is 10.1. The Labute approximate surface area is 167 Å². The van der Waals surface area contributed by atoms with Gasteiger partial charge in [-0.25, -0.2) is 9.37 Å². The van der Waals surface area contributed by atoms with E-state index in [9.17, 15) is 4.39 Å². The number of rotatable bonds is 3. The Bertz CT molecular complexity index is 972. The maximum absolute atomic E-state index is 13.3. The summed E-state index contributed by atoms with van der Waals surface area (Å²) >= 11 is 0. The molecule has 2 heterocycles. The Kier molecular flexibility index (Phi) is 9.96. The zero-order valence-corrected chi connectivity index (χ0v) is 18.0. The van der Waals surface area contributed by atoms with E-state index in [1.807, 2.05) is 73.0 Å². The summed E-state index contributed by atoms with van der Waals surface area (Å²) in [4.78, 5) is 7.52. The summed E-state index contributed by atoms with van der Waals surface area (Å²) in [5.41, 5.74) is 4.39. The van der Waals surface area contributed by atoms with Crippen LogP contribution in [0.1, 0.15) is 47.4 Å². The van der Waals surface area contributed by atoms with Crippen molar-refractivity contribution in [2.45, 2.75) is 48.1 Å². The van der Waals surface area contributed by atoms with Crippen molar-refractivity contribution in [3.8, 4) is 11.1 Å². The van der Waals surface area contributed by atoms with Crippen LogP contribution < -0.4 is 5.32 Å². The average Bonchev–Trinajstić information content (AvgIpc) is 3.35. The SMILES string of the molecule is CC.CC.CC.CNCc1nc2ccc(-c3c[nH]c4cc(F)ccc34)cc2o1. The molecule has 5 heteroatoms. The van der Waals surface area contributed by atoms with Gasteiger partial charge in [-0.05, 0) is 42.9 Å². The minimum atomic E-state index is -0.247. The summed E-state index contributed by atoms with van der Waals surface area (Å²) < 4.78 is 19.0. The summed E-state index contributed by atoms with van der Waals surface area (Å²) in [6.07, 6.45) is 1.89. The second-order valence-electron chi connectivity index (χ2n) is 5.21. The summed E-state index contributed by atoms with van der Waals surface area (Å²) in [6, 6.07) is 10.7. The van der Waals surface area contributed by atoms with E-state index in [1.165, 1.54) is 12.1 Å². The molecule has 4 rings (SSSR count). The fraction of sp³-hybridized carbons (Fsp3) is 0.348. The van der Waals surface area contributed by atoms with E-state index in [-0.39, 0.29) is 5.82 Å². The number of hydrogen-bond acceptors (Lipinski definition) is 3. The quantitative estimate of drug-likeness (QED) is 0.403. The van der Waals surface area contributed by atoms with E-state index in [0.717, 1.165) is 33.1 Å². The molecule has 0 saturated heterocycles. The molecule has 0 saturated carbocycles. The van der Waals surface area contributed by atoms with Crippen LogP contribution in [0.25, 0.3) is 33.1 Å². The molecular formula is C23H32FN3O. The largest absolute Gasteiger partial charge is 0.439 e. The second kappa shape index (κ2) is 11.9. The molecule has 0 bridgehead atoms. The van der Waals surface area contributed by atoms with E-state index in [4.69, 9.17) is 4.42 Å². The van der Waals surface area contributed by atoms with Crippen molar-refractivity contribution >= 4 is 22.0 Å². The molecule has 0 atom stereocenters. The normalized spacial score (nSPS) is 9.71. The number of hydrogen-bond donors (Lipinski definition) is 2. The number of nitrogens with one attached hydrogen (secondary N) is 2. The van der Waals surface area contributed by atoms with Crippen LogP contribution in [-0.4, -0.2) is 17.0 Å². The molecule has 0 aliphatic heterocycles. The molecule has 0 unspecified atom stereocenters. The number of benzene rings is 2. The van der Waals surface area contributed by atoms with Gasteiger partial charge >= 0.3 is 0 Å². The number of oxazole rings is 1. The highest BCUT2D eigenvalue weighted by Gasteiger charge is 2.10. The van der Waals surface area contributed by atoms with Crippen LogP contribution in [0.3, 0.4) is 0 Å². The fourth-order valence-electron chi connectivity index (χ4n) is 2.70. The molecule has 0 radical (unpaired) electrons. The van der Waals surface area contributed by atoms with Crippen LogP contribution in [-0.2, 0) is 6.54 Å². The minimum Gasteiger partial charge on any atom is -0.439 e. The summed E-state index contributed by atoms with van der Waals surface area (Å²) in [6.45, 7) is 12.6. The zero-order valence-electron chi connectivity index (χ0n) is 18.0. The fourth-order valence-corrected chi connectivity index (χ4v) is 2.70. The highest BCUT2D eigenvalue weighted by Crippen LogP contribution is 2.31.